The lowest BCUT2D eigenvalue weighted by Crippen LogP contribution is -2.45. The molecule has 0 bridgehead atoms. The van der Waals surface area contributed by atoms with E-state index >= 15 is 0 Å². The van der Waals surface area contributed by atoms with Crippen LogP contribution in [0.3, 0.4) is 0 Å². The van der Waals surface area contributed by atoms with Gasteiger partial charge in [0.05, 0.1) is 6.54 Å². The zero-order valence-corrected chi connectivity index (χ0v) is 16.0. The molecule has 0 spiro atoms. The molecule has 1 aromatic rings. The molecule has 0 heterocycles. The summed E-state index contributed by atoms with van der Waals surface area (Å²) >= 11 is 0. The molecule has 1 aliphatic rings. The van der Waals surface area contributed by atoms with Gasteiger partial charge in [-0.1, -0.05) is 58.9 Å². The molecule has 0 aliphatic heterocycles. The van der Waals surface area contributed by atoms with Crippen LogP contribution in [-0.2, 0) is 10.2 Å². The molecule has 138 valence electrons. The Balaban J connectivity index is 1.91. The van der Waals surface area contributed by atoms with Gasteiger partial charge in [-0.25, -0.2) is 4.79 Å². The van der Waals surface area contributed by atoms with Crippen LogP contribution in [0, 0.1) is 5.92 Å². The van der Waals surface area contributed by atoms with Crippen molar-refractivity contribution in [1.29, 1.82) is 0 Å². The molecule has 2 rings (SSSR count). The summed E-state index contributed by atoms with van der Waals surface area (Å²) in [4.78, 5) is 23.6. The molecule has 1 unspecified atom stereocenters. The molecule has 3 N–H and O–H groups in total. The number of benzene rings is 1. The van der Waals surface area contributed by atoms with Crippen LogP contribution in [-0.4, -0.2) is 24.5 Å². The normalized spacial score (nSPS) is 15.8. The third kappa shape index (κ3) is 6.16. The topological polar surface area (TPSA) is 70.2 Å². The molecule has 0 aromatic heterocycles. The first-order valence-electron chi connectivity index (χ1n) is 9.11. The zero-order chi connectivity index (χ0) is 18.6. The lowest BCUT2D eigenvalue weighted by Gasteiger charge is -2.25. The summed E-state index contributed by atoms with van der Waals surface area (Å²) in [5.41, 5.74) is 2.56. The molecule has 5 nitrogen and oxygen atoms in total. The molecule has 1 atom stereocenters. The average molecular weight is 345 g/mol. The van der Waals surface area contributed by atoms with Crippen molar-refractivity contribution < 1.29 is 9.59 Å². The summed E-state index contributed by atoms with van der Waals surface area (Å²) in [6, 6.07) is 8.44. The fourth-order valence-electron chi connectivity index (χ4n) is 2.75. The van der Waals surface area contributed by atoms with Gasteiger partial charge in [0.2, 0.25) is 5.91 Å². The highest BCUT2D eigenvalue weighted by Crippen LogP contribution is 2.26. The average Bonchev–Trinajstić information content (AvgIpc) is 3.30. The summed E-state index contributed by atoms with van der Waals surface area (Å²) < 4.78 is 0. The maximum atomic E-state index is 12.0. The Labute approximate surface area is 151 Å². The minimum Gasteiger partial charge on any atom is -0.335 e. The van der Waals surface area contributed by atoms with Crippen LogP contribution in [0.5, 0.6) is 0 Å². The van der Waals surface area contributed by atoms with Crippen molar-refractivity contribution in [3.05, 3.63) is 35.4 Å². The maximum absolute atomic E-state index is 12.0. The van der Waals surface area contributed by atoms with Crippen molar-refractivity contribution in [2.24, 2.45) is 5.92 Å². The lowest BCUT2D eigenvalue weighted by molar-refractivity contribution is -0.119. The van der Waals surface area contributed by atoms with E-state index < -0.39 is 6.03 Å². The molecule has 1 aliphatic carbocycles. The van der Waals surface area contributed by atoms with Crippen molar-refractivity contribution in [3.63, 3.8) is 0 Å². The second kappa shape index (κ2) is 8.00. The van der Waals surface area contributed by atoms with Crippen LogP contribution >= 0.6 is 0 Å². The van der Waals surface area contributed by atoms with Crippen molar-refractivity contribution in [1.82, 2.24) is 16.0 Å². The Bertz CT molecular complexity index is 598. The van der Waals surface area contributed by atoms with Gasteiger partial charge >= 0.3 is 6.03 Å². The molecule has 0 saturated heterocycles. The van der Waals surface area contributed by atoms with Gasteiger partial charge in [-0.15, -0.1) is 0 Å². The van der Waals surface area contributed by atoms with Gasteiger partial charge in [0.15, 0.2) is 0 Å². The van der Waals surface area contributed by atoms with E-state index in [2.05, 4.69) is 74.8 Å². The van der Waals surface area contributed by atoms with Crippen molar-refractivity contribution in [3.8, 4) is 0 Å². The van der Waals surface area contributed by atoms with Crippen LogP contribution in [0.15, 0.2) is 24.3 Å². The fraction of sp³-hybridized carbons (Fsp3) is 0.600. The smallest absolute Gasteiger partial charge is 0.321 e. The van der Waals surface area contributed by atoms with Crippen LogP contribution in [0.2, 0.25) is 0 Å². The second-order valence-electron chi connectivity index (χ2n) is 8.27. The minimum atomic E-state index is -0.398. The number of carbonyl (C=O) groups is 2. The summed E-state index contributed by atoms with van der Waals surface area (Å²) in [7, 11) is 0. The van der Waals surface area contributed by atoms with Gasteiger partial charge in [0.1, 0.15) is 0 Å². The highest BCUT2D eigenvalue weighted by molar-refractivity contribution is 5.95. The van der Waals surface area contributed by atoms with E-state index in [9.17, 15) is 9.59 Å². The molecule has 1 aromatic carbocycles. The van der Waals surface area contributed by atoms with Crippen LogP contribution in [0.25, 0.3) is 0 Å². The van der Waals surface area contributed by atoms with Crippen molar-refractivity contribution in [2.75, 3.05) is 6.54 Å². The fourth-order valence-corrected chi connectivity index (χ4v) is 2.75. The number of rotatable bonds is 6. The van der Waals surface area contributed by atoms with Gasteiger partial charge in [-0.2, -0.15) is 0 Å². The first-order valence-corrected chi connectivity index (χ1v) is 9.11. The number of carbonyl (C=O) groups excluding carboxylic acids is 2. The number of urea groups is 1. The Hall–Kier alpha value is -1.88. The van der Waals surface area contributed by atoms with E-state index in [1.807, 2.05) is 0 Å². The predicted octanol–water partition coefficient (Wildman–Crippen LogP) is 3.26. The Morgan fingerprint density at radius 3 is 2.20 bits per heavy atom. The van der Waals surface area contributed by atoms with Crippen molar-refractivity contribution in [2.45, 2.75) is 65.0 Å². The summed E-state index contributed by atoms with van der Waals surface area (Å²) in [5.74, 6) is 0.0173. The number of imide groups is 1. The Morgan fingerprint density at radius 2 is 1.72 bits per heavy atom. The molecule has 3 amide bonds. The third-order valence-electron chi connectivity index (χ3n) is 4.45. The Morgan fingerprint density at radius 1 is 1.12 bits per heavy atom. The lowest BCUT2D eigenvalue weighted by atomic mass is 9.85. The highest BCUT2D eigenvalue weighted by atomic mass is 16.2. The van der Waals surface area contributed by atoms with Gasteiger partial charge in [-0.3, -0.25) is 10.1 Å². The SMILES string of the molecule is CC(C)C(NCC(=O)NC(=O)NC1CC1)c1ccc(C(C)(C)C)cc1. The van der Waals surface area contributed by atoms with E-state index in [1.165, 1.54) is 5.56 Å². The monoisotopic (exact) mass is 345 g/mol. The number of amides is 3. The van der Waals surface area contributed by atoms with E-state index in [-0.39, 0.29) is 30.0 Å². The van der Waals surface area contributed by atoms with Crippen LogP contribution in [0.1, 0.15) is 64.6 Å². The molecule has 25 heavy (non-hydrogen) atoms. The van der Waals surface area contributed by atoms with E-state index in [0.717, 1.165) is 18.4 Å². The maximum Gasteiger partial charge on any atom is 0.321 e. The Kier molecular flexibility index (Phi) is 6.22. The summed E-state index contributed by atoms with van der Waals surface area (Å²) in [6.45, 7) is 10.9. The van der Waals surface area contributed by atoms with Gasteiger partial charge in [-0.05, 0) is 35.3 Å². The second-order valence-corrected chi connectivity index (χ2v) is 8.27. The van der Waals surface area contributed by atoms with E-state index in [0.29, 0.717) is 5.92 Å². The molecular formula is C20H31N3O2. The van der Waals surface area contributed by atoms with Crippen molar-refractivity contribution >= 4 is 11.9 Å². The first kappa shape index (κ1) is 19.4. The number of hydrogen-bond acceptors (Lipinski definition) is 3. The van der Waals surface area contributed by atoms with E-state index in [1.54, 1.807) is 0 Å². The minimum absolute atomic E-state index is 0.0614. The quantitative estimate of drug-likeness (QED) is 0.741. The van der Waals surface area contributed by atoms with Crippen LogP contribution in [0.4, 0.5) is 4.79 Å². The molecule has 5 heteroatoms. The molecule has 1 saturated carbocycles. The van der Waals surface area contributed by atoms with Gasteiger partial charge in [0.25, 0.3) is 0 Å². The molecular weight excluding hydrogens is 314 g/mol. The predicted molar refractivity (Wildman–Crippen MR) is 100 cm³/mol. The highest BCUT2D eigenvalue weighted by Gasteiger charge is 2.24. The van der Waals surface area contributed by atoms with E-state index in [4.69, 9.17) is 0 Å². The standard InChI is InChI=1S/C20H31N3O2/c1-13(2)18(14-6-8-15(9-7-14)20(3,4)5)21-12-17(24)23-19(25)22-16-10-11-16/h6-9,13,16,18,21H,10-12H2,1-5H3,(H2,22,23,24,25). The zero-order valence-electron chi connectivity index (χ0n) is 16.0. The van der Waals surface area contributed by atoms with Gasteiger partial charge < -0.3 is 10.6 Å². The largest absolute Gasteiger partial charge is 0.335 e. The summed E-state index contributed by atoms with van der Waals surface area (Å²) in [6.07, 6.45) is 2.00. The number of hydrogen-bond donors (Lipinski definition) is 3. The summed E-state index contributed by atoms with van der Waals surface area (Å²) in [5, 5.41) is 8.40. The third-order valence-corrected chi connectivity index (χ3v) is 4.45. The molecule has 0 radical (unpaired) electrons. The number of nitrogens with one attached hydrogen (secondary N) is 3. The first-order chi connectivity index (χ1) is 11.7. The van der Waals surface area contributed by atoms with Crippen LogP contribution < -0.4 is 16.0 Å². The van der Waals surface area contributed by atoms with Gasteiger partial charge in [0, 0.05) is 12.1 Å². The molecule has 1 fully saturated rings.